The van der Waals surface area contributed by atoms with Crippen LogP contribution in [0.15, 0.2) is 17.0 Å². The lowest BCUT2D eigenvalue weighted by molar-refractivity contribution is -0.121. The van der Waals surface area contributed by atoms with Gasteiger partial charge in [-0.25, -0.2) is 13.2 Å². The molecule has 0 bridgehead atoms. The number of carboxylic acid groups (broad SMARTS) is 1. The van der Waals surface area contributed by atoms with Crippen LogP contribution in [0.3, 0.4) is 0 Å². The van der Waals surface area contributed by atoms with Gasteiger partial charge >= 0.3 is 5.97 Å². The summed E-state index contributed by atoms with van der Waals surface area (Å²) in [7, 11) is -2.60. The molecule has 1 aromatic rings. The molecule has 1 unspecified atom stereocenters. The Bertz CT molecular complexity index is 682. The number of aryl methyl sites for hydroxylation is 1. The molecule has 1 aromatic carbocycles. The smallest absolute Gasteiger partial charge is 0.335 e. The highest BCUT2D eigenvalue weighted by Crippen LogP contribution is 2.21. The molecule has 116 valence electrons. The van der Waals surface area contributed by atoms with Crippen molar-refractivity contribution in [3.8, 4) is 0 Å². The van der Waals surface area contributed by atoms with E-state index >= 15 is 0 Å². The predicted molar refractivity (Wildman–Crippen MR) is 76.7 cm³/mol. The zero-order valence-electron chi connectivity index (χ0n) is 12.2. The number of amides is 1. The minimum atomic E-state index is -4.00. The van der Waals surface area contributed by atoms with Gasteiger partial charge in [-0.05, 0) is 44.0 Å². The van der Waals surface area contributed by atoms with Crippen molar-refractivity contribution < 1.29 is 23.1 Å². The number of hydrogen-bond donors (Lipinski definition) is 3. The van der Waals surface area contributed by atoms with E-state index in [0.717, 1.165) is 6.07 Å². The van der Waals surface area contributed by atoms with E-state index in [0.29, 0.717) is 11.1 Å². The fourth-order valence-electron chi connectivity index (χ4n) is 1.80. The third-order valence-electron chi connectivity index (χ3n) is 3.13. The van der Waals surface area contributed by atoms with Gasteiger partial charge in [0.05, 0.1) is 16.5 Å². The van der Waals surface area contributed by atoms with E-state index in [-0.39, 0.29) is 10.5 Å². The zero-order chi connectivity index (χ0) is 16.4. The predicted octanol–water partition coefficient (Wildman–Crippen LogP) is 0.414. The lowest BCUT2D eigenvalue weighted by Gasteiger charge is -2.15. The largest absolute Gasteiger partial charge is 0.478 e. The van der Waals surface area contributed by atoms with Gasteiger partial charge in [-0.2, -0.15) is 4.72 Å². The summed E-state index contributed by atoms with van der Waals surface area (Å²) in [5, 5.41) is 11.4. The number of aromatic carboxylic acids is 1. The average molecular weight is 314 g/mol. The molecule has 0 aliphatic carbocycles. The van der Waals surface area contributed by atoms with Crippen LogP contribution in [0.5, 0.6) is 0 Å². The summed E-state index contributed by atoms with van der Waals surface area (Å²) in [5.74, 6) is -1.70. The number of sulfonamides is 1. The summed E-state index contributed by atoms with van der Waals surface area (Å²) in [4.78, 5) is 22.3. The van der Waals surface area contributed by atoms with Crippen molar-refractivity contribution in [2.75, 3.05) is 7.05 Å². The lowest BCUT2D eigenvalue weighted by atomic mass is 10.1. The Morgan fingerprint density at radius 3 is 2.29 bits per heavy atom. The van der Waals surface area contributed by atoms with Crippen LogP contribution in [0, 0.1) is 13.8 Å². The maximum atomic E-state index is 12.3. The summed E-state index contributed by atoms with van der Waals surface area (Å²) in [6.07, 6.45) is 0. The highest BCUT2D eigenvalue weighted by atomic mass is 32.2. The van der Waals surface area contributed by atoms with Crippen LogP contribution in [-0.2, 0) is 14.8 Å². The second-order valence-corrected chi connectivity index (χ2v) is 6.36. The summed E-state index contributed by atoms with van der Waals surface area (Å²) in [6.45, 7) is 4.61. The monoisotopic (exact) mass is 314 g/mol. The quantitative estimate of drug-likeness (QED) is 0.729. The summed E-state index contributed by atoms with van der Waals surface area (Å²) >= 11 is 0. The van der Waals surface area contributed by atoms with Gasteiger partial charge < -0.3 is 10.4 Å². The number of carbonyl (C=O) groups excluding carboxylic acids is 1. The molecule has 0 aliphatic heterocycles. The second kappa shape index (κ2) is 6.23. The molecule has 1 atom stereocenters. The van der Waals surface area contributed by atoms with Crippen LogP contribution in [0.4, 0.5) is 0 Å². The number of benzene rings is 1. The van der Waals surface area contributed by atoms with E-state index < -0.39 is 27.9 Å². The Labute approximate surface area is 123 Å². The highest BCUT2D eigenvalue weighted by molar-refractivity contribution is 7.89. The van der Waals surface area contributed by atoms with Gasteiger partial charge in [-0.15, -0.1) is 0 Å². The molecule has 7 nitrogen and oxygen atoms in total. The molecular formula is C13H18N2O5S. The van der Waals surface area contributed by atoms with Crippen molar-refractivity contribution in [1.29, 1.82) is 0 Å². The van der Waals surface area contributed by atoms with Gasteiger partial charge in [0.1, 0.15) is 0 Å². The van der Waals surface area contributed by atoms with E-state index in [4.69, 9.17) is 5.11 Å². The Morgan fingerprint density at radius 1 is 1.24 bits per heavy atom. The van der Waals surface area contributed by atoms with Gasteiger partial charge in [0.15, 0.2) is 0 Å². The Morgan fingerprint density at radius 2 is 1.81 bits per heavy atom. The molecule has 1 amide bonds. The first kappa shape index (κ1) is 17.1. The fourth-order valence-corrected chi connectivity index (χ4v) is 3.34. The van der Waals surface area contributed by atoms with Crippen LogP contribution in [0.2, 0.25) is 0 Å². The maximum absolute atomic E-state index is 12.3. The van der Waals surface area contributed by atoms with Crippen LogP contribution in [0.25, 0.3) is 0 Å². The van der Waals surface area contributed by atoms with Crippen molar-refractivity contribution in [2.24, 2.45) is 0 Å². The third-order valence-corrected chi connectivity index (χ3v) is 4.79. The van der Waals surface area contributed by atoms with E-state index in [1.807, 2.05) is 0 Å². The standard InChI is InChI=1S/C13H18N2O5S/c1-7-5-10(13(17)18)6-11(8(7)2)21(19,20)15-9(3)12(16)14-4/h5-6,9,15H,1-4H3,(H,14,16)(H,17,18). The molecular weight excluding hydrogens is 296 g/mol. The summed E-state index contributed by atoms with van der Waals surface area (Å²) < 4.78 is 26.9. The molecule has 0 spiro atoms. The molecule has 0 heterocycles. The molecule has 0 aliphatic rings. The first-order valence-electron chi connectivity index (χ1n) is 6.18. The lowest BCUT2D eigenvalue weighted by Crippen LogP contribution is -2.43. The number of rotatable bonds is 5. The van der Waals surface area contributed by atoms with Crippen molar-refractivity contribution in [3.63, 3.8) is 0 Å². The van der Waals surface area contributed by atoms with Crippen molar-refractivity contribution in [2.45, 2.75) is 31.7 Å². The topological polar surface area (TPSA) is 113 Å². The Balaban J connectivity index is 3.31. The minimum absolute atomic E-state index is 0.119. The molecule has 0 aromatic heterocycles. The van der Waals surface area contributed by atoms with Crippen LogP contribution < -0.4 is 10.0 Å². The number of carboxylic acids is 1. The number of likely N-dealkylation sites (N-methyl/N-ethyl adjacent to an activating group) is 1. The average Bonchev–Trinajstić information content (AvgIpc) is 2.39. The third kappa shape index (κ3) is 3.79. The fraction of sp³-hybridized carbons (Fsp3) is 0.385. The molecule has 0 saturated carbocycles. The zero-order valence-corrected chi connectivity index (χ0v) is 13.0. The first-order chi connectivity index (χ1) is 9.60. The van der Waals surface area contributed by atoms with E-state index in [2.05, 4.69) is 10.0 Å². The number of nitrogens with one attached hydrogen (secondary N) is 2. The van der Waals surface area contributed by atoms with Crippen LogP contribution in [0.1, 0.15) is 28.4 Å². The molecule has 1 rings (SSSR count). The second-order valence-electron chi connectivity index (χ2n) is 4.68. The molecule has 0 radical (unpaired) electrons. The molecule has 0 saturated heterocycles. The van der Waals surface area contributed by atoms with Crippen molar-refractivity contribution >= 4 is 21.9 Å². The maximum Gasteiger partial charge on any atom is 0.335 e. The first-order valence-corrected chi connectivity index (χ1v) is 7.67. The van der Waals surface area contributed by atoms with Crippen LogP contribution in [-0.4, -0.2) is 38.5 Å². The van der Waals surface area contributed by atoms with Crippen molar-refractivity contribution in [3.05, 3.63) is 28.8 Å². The van der Waals surface area contributed by atoms with Gasteiger partial charge in [0.2, 0.25) is 15.9 Å². The van der Waals surface area contributed by atoms with E-state index in [9.17, 15) is 18.0 Å². The molecule has 21 heavy (non-hydrogen) atoms. The van der Waals surface area contributed by atoms with Gasteiger partial charge in [0, 0.05) is 7.05 Å². The summed E-state index contributed by atoms with van der Waals surface area (Å²) in [5.41, 5.74) is 0.866. The van der Waals surface area contributed by atoms with Crippen LogP contribution >= 0.6 is 0 Å². The number of hydrogen-bond acceptors (Lipinski definition) is 4. The van der Waals surface area contributed by atoms with E-state index in [1.54, 1.807) is 13.8 Å². The van der Waals surface area contributed by atoms with E-state index in [1.165, 1.54) is 20.0 Å². The Hall–Kier alpha value is -1.93. The normalized spacial score (nSPS) is 12.8. The molecule has 0 fully saturated rings. The minimum Gasteiger partial charge on any atom is -0.478 e. The highest BCUT2D eigenvalue weighted by Gasteiger charge is 2.24. The molecule has 3 N–H and O–H groups in total. The van der Waals surface area contributed by atoms with Gasteiger partial charge in [-0.1, -0.05) is 0 Å². The summed E-state index contributed by atoms with van der Waals surface area (Å²) in [6, 6.07) is 1.52. The van der Waals surface area contributed by atoms with Crippen molar-refractivity contribution in [1.82, 2.24) is 10.0 Å². The SMILES string of the molecule is CNC(=O)C(C)NS(=O)(=O)c1cc(C(=O)O)cc(C)c1C. The van der Waals surface area contributed by atoms with Gasteiger partial charge in [0.25, 0.3) is 0 Å². The van der Waals surface area contributed by atoms with Gasteiger partial charge in [-0.3, -0.25) is 4.79 Å². The molecule has 8 heteroatoms. The number of carbonyl (C=O) groups is 2. The Kier molecular flexibility index (Phi) is 5.08.